The summed E-state index contributed by atoms with van der Waals surface area (Å²) in [5.74, 6) is 0.527. The van der Waals surface area contributed by atoms with Crippen LogP contribution in [0.5, 0.6) is 0 Å². The van der Waals surface area contributed by atoms with E-state index in [0.29, 0.717) is 5.92 Å². The molecule has 0 aromatic rings. The smallest absolute Gasteiger partial charge is 0.0592 e. The van der Waals surface area contributed by atoms with Crippen LogP contribution in [0.2, 0.25) is 0 Å². The summed E-state index contributed by atoms with van der Waals surface area (Å²) in [5, 5.41) is 9.59. The lowest BCUT2D eigenvalue weighted by Crippen LogP contribution is -2.40. The first-order valence-corrected chi connectivity index (χ1v) is 4.60. The fraction of sp³-hybridized carbons (Fsp3) is 1.00. The van der Waals surface area contributed by atoms with Gasteiger partial charge in [0.15, 0.2) is 0 Å². The lowest BCUT2D eigenvalue weighted by atomic mass is 9.91. The van der Waals surface area contributed by atoms with E-state index in [2.05, 4.69) is 18.9 Å². The molecule has 1 heterocycles. The SMILES string of the molecule is CCC[C@H]1CN(C)CC[C@@H]1O. The van der Waals surface area contributed by atoms with Crippen molar-refractivity contribution in [2.24, 2.45) is 5.92 Å². The highest BCUT2D eigenvalue weighted by molar-refractivity contribution is 4.77. The summed E-state index contributed by atoms with van der Waals surface area (Å²) in [7, 11) is 2.13. The van der Waals surface area contributed by atoms with E-state index in [1.165, 1.54) is 12.8 Å². The Morgan fingerprint density at radius 2 is 2.27 bits per heavy atom. The number of nitrogens with zero attached hydrogens (tertiary/aromatic N) is 1. The van der Waals surface area contributed by atoms with E-state index in [1.54, 1.807) is 0 Å². The Morgan fingerprint density at radius 1 is 1.55 bits per heavy atom. The summed E-state index contributed by atoms with van der Waals surface area (Å²) in [4.78, 5) is 2.31. The van der Waals surface area contributed by atoms with Gasteiger partial charge in [-0.15, -0.1) is 0 Å². The van der Waals surface area contributed by atoms with Crippen LogP contribution >= 0.6 is 0 Å². The minimum absolute atomic E-state index is 0.0360. The van der Waals surface area contributed by atoms with Crippen LogP contribution in [0.15, 0.2) is 0 Å². The van der Waals surface area contributed by atoms with Gasteiger partial charge in [0.2, 0.25) is 0 Å². The van der Waals surface area contributed by atoms with Crippen LogP contribution in [0.25, 0.3) is 0 Å². The molecule has 0 aromatic carbocycles. The van der Waals surface area contributed by atoms with Crippen LogP contribution in [0.1, 0.15) is 26.2 Å². The van der Waals surface area contributed by atoms with Gasteiger partial charge in [0, 0.05) is 13.1 Å². The van der Waals surface area contributed by atoms with Gasteiger partial charge in [0.05, 0.1) is 6.10 Å². The van der Waals surface area contributed by atoms with E-state index in [1.807, 2.05) is 0 Å². The largest absolute Gasteiger partial charge is 0.393 e. The van der Waals surface area contributed by atoms with Crippen molar-refractivity contribution in [2.45, 2.75) is 32.3 Å². The second-order valence-electron chi connectivity index (χ2n) is 3.67. The molecule has 0 unspecified atom stereocenters. The number of hydrogen-bond donors (Lipinski definition) is 1. The molecule has 1 aliphatic heterocycles. The molecule has 1 N–H and O–H groups in total. The molecule has 2 atom stereocenters. The Labute approximate surface area is 69.2 Å². The van der Waals surface area contributed by atoms with E-state index in [0.717, 1.165) is 19.5 Å². The van der Waals surface area contributed by atoms with Gasteiger partial charge in [-0.25, -0.2) is 0 Å². The topological polar surface area (TPSA) is 23.5 Å². The van der Waals surface area contributed by atoms with Crippen LogP contribution in [0.4, 0.5) is 0 Å². The molecule has 2 heteroatoms. The van der Waals surface area contributed by atoms with Crippen LogP contribution in [0.3, 0.4) is 0 Å². The fourth-order valence-corrected chi connectivity index (χ4v) is 1.86. The normalized spacial score (nSPS) is 34.1. The minimum Gasteiger partial charge on any atom is -0.393 e. The second-order valence-corrected chi connectivity index (χ2v) is 3.67. The summed E-state index contributed by atoms with van der Waals surface area (Å²) in [6, 6.07) is 0. The van der Waals surface area contributed by atoms with Gasteiger partial charge in [0.1, 0.15) is 0 Å². The first kappa shape index (κ1) is 9.01. The monoisotopic (exact) mass is 157 g/mol. The lowest BCUT2D eigenvalue weighted by molar-refractivity contribution is 0.0322. The van der Waals surface area contributed by atoms with Crippen molar-refractivity contribution in [3.8, 4) is 0 Å². The molecule has 1 aliphatic rings. The maximum Gasteiger partial charge on any atom is 0.0592 e. The van der Waals surface area contributed by atoms with Gasteiger partial charge in [-0.3, -0.25) is 0 Å². The number of likely N-dealkylation sites (tertiary alicyclic amines) is 1. The van der Waals surface area contributed by atoms with Gasteiger partial charge < -0.3 is 10.0 Å². The maximum atomic E-state index is 9.59. The lowest BCUT2D eigenvalue weighted by Gasteiger charge is -2.33. The van der Waals surface area contributed by atoms with E-state index < -0.39 is 0 Å². The van der Waals surface area contributed by atoms with Crippen molar-refractivity contribution in [2.75, 3.05) is 20.1 Å². The van der Waals surface area contributed by atoms with Crippen LogP contribution in [-0.2, 0) is 0 Å². The van der Waals surface area contributed by atoms with Gasteiger partial charge in [-0.2, -0.15) is 0 Å². The van der Waals surface area contributed by atoms with E-state index in [-0.39, 0.29) is 6.10 Å². The molecule has 1 saturated heterocycles. The Hall–Kier alpha value is -0.0800. The molecular weight excluding hydrogens is 138 g/mol. The first-order valence-electron chi connectivity index (χ1n) is 4.60. The zero-order chi connectivity index (χ0) is 8.27. The summed E-state index contributed by atoms with van der Waals surface area (Å²) in [6.45, 7) is 4.32. The molecule has 2 nitrogen and oxygen atoms in total. The first-order chi connectivity index (χ1) is 5.24. The van der Waals surface area contributed by atoms with Crippen molar-refractivity contribution >= 4 is 0 Å². The van der Waals surface area contributed by atoms with Crippen molar-refractivity contribution in [3.63, 3.8) is 0 Å². The third-order valence-corrected chi connectivity index (χ3v) is 2.56. The third kappa shape index (κ3) is 2.46. The number of aliphatic hydroxyl groups is 1. The van der Waals surface area contributed by atoms with Crippen LogP contribution in [0, 0.1) is 5.92 Å². The molecule has 0 spiro atoms. The molecule has 0 radical (unpaired) electrons. The van der Waals surface area contributed by atoms with E-state index in [9.17, 15) is 5.11 Å². The Morgan fingerprint density at radius 3 is 2.91 bits per heavy atom. The summed E-state index contributed by atoms with van der Waals surface area (Å²) in [6.07, 6.45) is 3.29. The van der Waals surface area contributed by atoms with Gasteiger partial charge in [-0.05, 0) is 25.8 Å². The number of aliphatic hydroxyl groups excluding tert-OH is 1. The molecule has 0 aromatic heterocycles. The average molecular weight is 157 g/mol. The standard InChI is InChI=1S/C9H19NO/c1-3-4-8-7-10(2)6-5-9(8)11/h8-9,11H,3-7H2,1-2H3/t8-,9-/m0/s1. The zero-order valence-electron chi connectivity index (χ0n) is 7.58. The number of rotatable bonds is 2. The second kappa shape index (κ2) is 4.07. The molecule has 1 rings (SSSR count). The van der Waals surface area contributed by atoms with Gasteiger partial charge in [-0.1, -0.05) is 13.3 Å². The van der Waals surface area contributed by atoms with Crippen LogP contribution < -0.4 is 0 Å². The summed E-state index contributed by atoms with van der Waals surface area (Å²) >= 11 is 0. The molecule has 66 valence electrons. The molecule has 0 aliphatic carbocycles. The van der Waals surface area contributed by atoms with Crippen molar-refractivity contribution in [1.29, 1.82) is 0 Å². The van der Waals surface area contributed by atoms with Gasteiger partial charge >= 0.3 is 0 Å². The maximum absolute atomic E-state index is 9.59. The van der Waals surface area contributed by atoms with Crippen molar-refractivity contribution in [3.05, 3.63) is 0 Å². The zero-order valence-corrected chi connectivity index (χ0v) is 7.58. The van der Waals surface area contributed by atoms with E-state index in [4.69, 9.17) is 0 Å². The third-order valence-electron chi connectivity index (χ3n) is 2.56. The van der Waals surface area contributed by atoms with Crippen molar-refractivity contribution in [1.82, 2.24) is 4.90 Å². The highest BCUT2D eigenvalue weighted by atomic mass is 16.3. The van der Waals surface area contributed by atoms with Gasteiger partial charge in [0.25, 0.3) is 0 Å². The number of hydrogen-bond acceptors (Lipinski definition) is 2. The molecule has 11 heavy (non-hydrogen) atoms. The average Bonchev–Trinajstić information content (AvgIpc) is 1.98. The molecule has 0 amide bonds. The molecular formula is C9H19NO. The quantitative estimate of drug-likeness (QED) is 0.649. The highest BCUT2D eigenvalue weighted by Gasteiger charge is 2.24. The Kier molecular flexibility index (Phi) is 3.34. The number of piperidine rings is 1. The predicted octanol–water partition coefficient (Wildman–Crippen LogP) is 1.10. The van der Waals surface area contributed by atoms with E-state index >= 15 is 0 Å². The minimum atomic E-state index is -0.0360. The van der Waals surface area contributed by atoms with Crippen molar-refractivity contribution < 1.29 is 5.11 Å². The Balaban J connectivity index is 2.34. The predicted molar refractivity (Wildman–Crippen MR) is 46.5 cm³/mol. The summed E-state index contributed by atoms with van der Waals surface area (Å²) in [5.41, 5.74) is 0. The molecule has 1 fully saturated rings. The summed E-state index contributed by atoms with van der Waals surface area (Å²) < 4.78 is 0. The Bertz CT molecular complexity index is 116. The fourth-order valence-electron chi connectivity index (χ4n) is 1.86. The molecule has 0 bridgehead atoms. The highest BCUT2D eigenvalue weighted by Crippen LogP contribution is 2.20. The molecule has 0 saturated carbocycles. The van der Waals surface area contributed by atoms with Crippen LogP contribution in [-0.4, -0.2) is 36.2 Å².